The Morgan fingerprint density at radius 1 is 0.967 bits per heavy atom. The first-order valence-corrected chi connectivity index (χ1v) is 10.9. The molecule has 0 aliphatic carbocycles. The van der Waals surface area contributed by atoms with Gasteiger partial charge in [0.05, 0.1) is 18.4 Å². The van der Waals surface area contributed by atoms with Crippen LogP contribution in [0.25, 0.3) is 0 Å². The predicted molar refractivity (Wildman–Crippen MR) is 127 cm³/mol. The Kier molecular flexibility index (Phi) is 6.45. The summed E-state index contributed by atoms with van der Waals surface area (Å²) in [5, 5.41) is 8.62. The van der Waals surface area contributed by atoms with E-state index in [1.54, 1.807) is 0 Å². The van der Waals surface area contributed by atoms with Crippen LogP contribution in [0.15, 0.2) is 60.9 Å². The summed E-state index contributed by atoms with van der Waals surface area (Å²) in [6, 6.07) is 17.2. The van der Waals surface area contributed by atoms with Crippen LogP contribution in [0.1, 0.15) is 22.3 Å². The van der Waals surface area contributed by atoms with Gasteiger partial charge in [-0.1, -0.05) is 54.1 Å². The van der Waals surface area contributed by atoms with E-state index < -0.39 is 0 Å². The SMILES string of the molecule is Cc1ccc(CN2CCN(C(=S)Nc3cnn(Cc4ccccc4C)c3)CC2)cc1. The van der Waals surface area contributed by atoms with Gasteiger partial charge in [0, 0.05) is 38.9 Å². The number of nitrogens with zero attached hydrogens (tertiary/aromatic N) is 4. The van der Waals surface area contributed by atoms with Gasteiger partial charge < -0.3 is 10.2 Å². The molecule has 5 nitrogen and oxygen atoms in total. The van der Waals surface area contributed by atoms with Gasteiger partial charge >= 0.3 is 0 Å². The van der Waals surface area contributed by atoms with Gasteiger partial charge in [0.2, 0.25) is 0 Å². The summed E-state index contributed by atoms with van der Waals surface area (Å²) in [6.45, 7) is 9.93. The number of piperazine rings is 1. The fourth-order valence-electron chi connectivity index (χ4n) is 3.74. The average Bonchev–Trinajstić information content (AvgIpc) is 3.19. The summed E-state index contributed by atoms with van der Waals surface area (Å²) in [4.78, 5) is 4.74. The molecule has 1 aliphatic heterocycles. The van der Waals surface area contributed by atoms with Gasteiger partial charge in [0.15, 0.2) is 5.11 Å². The fraction of sp³-hybridized carbons (Fsp3) is 0.333. The number of rotatable bonds is 5. The fourth-order valence-corrected chi connectivity index (χ4v) is 4.04. The molecule has 1 aromatic heterocycles. The average molecular weight is 420 g/mol. The van der Waals surface area contributed by atoms with E-state index in [0.29, 0.717) is 0 Å². The van der Waals surface area contributed by atoms with Crippen molar-refractivity contribution in [1.29, 1.82) is 0 Å². The minimum absolute atomic E-state index is 0.763. The van der Waals surface area contributed by atoms with Gasteiger partial charge in [-0.15, -0.1) is 0 Å². The van der Waals surface area contributed by atoms with Crippen LogP contribution >= 0.6 is 12.2 Å². The molecule has 1 saturated heterocycles. The molecule has 1 fully saturated rings. The van der Waals surface area contributed by atoms with Crippen molar-refractivity contribution in [2.75, 3.05) is 31.5 Å². The molecule has 156 valence electrons. The third-order valence-electron chi connectivity index (χ3n) is 5.66. The second-order valence-corrected chi connectivity index (χ2v) is 8.42. The van der Waals surface area contributed by atoms with E-state index >= 15 is 0 Å². The Hall–Kier alpha value is -2.70. The second kappa shape index (κ2) is 9.41. The van der Waals surface area contributed by atoms with E-state index in [-0.39, 0.29) is 0 Å². The van der Waals surface area contributed by atoms with Crippen molar-refractivity contribution in [3.8, 4) is 0 Å². The highest BCUT2D eigenvalue weighted by Crippen LogP contribution is 2.14. The Morgan fingerprint density at radius 2 is 1.70 bits per heavy atom. The number of aromatic nitrogens is 2. The molecule has 1 N–H and O–H groups in total. The maximum Gasteiger partial charge on any atom is 0.173 e. The standard InChI is InChI=1S/C24H29N5S/c1-19-7-9-21(10-8-19)16-27-11-13-28(14-12-27)24(30)26-23-15-25-29(18-23)17-22-6-4-3-5-20(22)2/h3-10,15,18H,11-14,16-17H2,1-2H3,(H,26,30). The molecule has 0 atom stereocenters. The van der Waals surface area contributed by atoms with Crippen LogP contribution in [0, 0.1) is 13.8 Å². The van der Waals surface area contributed by atoms with E-state index in [2.05, 4.69) is 82.6 Å². The van der Waals surface area contributed by atoms with E-state index in [0.717, 1.165) is 50.1 Å². The second-order valence-electron chi connectivity index (χ2n) is 8.03. The van der Waals surface area contributed by atoms with Crippen LogP contribution in [0.2, 0.25) is 0 Å². The first kappa shape index (κ1) is 20.6. The lowest BCUT2D eigenvalue weighted by atomic mass is 10.1. The number of aryl methyl sites for hydroxylation is 2. The maximum atomic E-state index is 5.66. The van der Waals surface area contributed by atoms with Crippen molar-refractivity contribution >= 4 is 23.0 Å². The van der Waals surface area contributed by atoms with Crippen LogP contribution in [0.5, 0.6) is 0 Å². The van der Waals surface area contributed by atoms with E-state index in [1.165, 1.54) is 22.3 Å². The lowest BCUT2D eigenvalue weighted by Gasteiger charge is -2.36. The monoisotopic (exact) mass is 419 g/mol. The zero-order valence-corrected chi connectivity index (χ0v) is 18.5. The van der Waals surface area contributed by atoms with E-state index in [1.807, 2.05) is 17.1 Å². The summed E-state index contributed by atoms with van der Waals surface area (Å²) in [5.74, 6) is 0. The maximum absolute atomic E-state index is 5.66. The molecule has 3 aromatic rings. The quantitative estimate of drug-likeness (QED) is 0.631. The van der Waals surface area contributed by atoms with Crippen molar-refractivity contribution in [3.05, 3.63) is 83.2 Å². The highest BCUT2D eigenvalue weighted by Gasteiger charge is 2.19. The van der Waals surface area contributed by atoms with E-state index in [9.17, 15) is 0 Å². The lowest BCUT2D eigenvalue weighted by molar-refractivity contribution is 0.177. The number of anilines is 1. The molecule has 2 heterocycles. The van der Waals surface area contributed by atoms with Gasteiger partial charge in [-0.25, -0.2) is 0 Å². The molecule has 4 rings (SSSR count). The van der Waals surface area contributed by atoms with Crippen LogP contribution in [0.4, 0.5) is 5.69 Å². The molecule has 0 spiro atoms. The molecule has 0 saturated carbocycles. The molecule has 0 amide bonds. The number of thiocarbonyl (C=S) groups is 1. The Labute approximate surface area is 184 Å². The minimum Gasteiger partial charge on any atom is -0.346 e. The van der Waals surface area contributed by atoms with Crippen molar-refractivity contribution < 1.29 is 0 Å². The first-order valence-electron chi connectivity index (χ1n) is 10.5. The molecule has 1 aliphatic rings. The van der Waals surface area contributed by atoms with Crippen LogP contribution in [-0.4, -0.2) is 50.9 Å². The predicted octanol–water partition coefficient (Wildman–Crippen LogP) is 4.06. The van der Waals surface area contributed by atoms with Crippen molar-refractivity contribution in [2.24, 2.45) is 0 Å². The zero-order valence-electron chi connectivity index (χ0n) is 17.7. The number of hydrogen-bond donors (Lipinski definition) is 1. The summed E-state index contributed by atoms with van der Waals surface area (Å²) in [7, 11) is 0. The smallest absolute Gasteiger partial charge is 0.173 e. The van der Waals surface area contributed by atoms with Crippen LogP contribution in [-0.2, 0) is 13.1 Å². The topological polar surface area (TPSA) is 36.3 Å². The highest BCUT2D eigenvalue weighted by molar-refractivity contribution is 7.80. The largest absolute Gasteiger partial charge is 0.346 e. The van der Waals surface area contributed by atoms with Crippen LogP contribution in [0.3, 0.4) is 0 Å². The summed E-state index contributed by atoms with van der Waals surface area (Å²) >= 11 is 5.66. The Morgan fingerprint density at radius 3 is 2.43 bits per heavy atom. The van der Waals surface area contributed by atoms with Crippen molar-refractivity contribution in [2.45, 2.75) is 26.9 Å². The summed E-state index contributed by atoms with van der Waals surface area (Å²) in [5.41, 5.74) is 6.18. The third-order valence-corrected chi connectivity index (χ3v) is 6.02. The third kappa shape index (κ3) is 5.26. The molecular formula is C24H29N5S. The van der Waals surface area contributed by atoms with E-state index in [4.69, 9.17) is 12.2 Å². The van der Waals surface area contributed by atoms with Gasteiger partial charge in [-0.05, 0) is 42.8 Å². The number of nitrogens with one attached hydrogen (secondary N) is 1. The molecular weight excluding hydrogens is 390 g/mol. The molecule has 2 aromatic carbocycles. The van der Waals surface area contributed by atoms with Crippen LogP contribution < -0.4 is 5.32 Å². The van der Waals surface area contributed by atoms with Gasteiger partial charge in [0.1, 0.15) is 0 Å². The Bertz CT molecular complexity index is 987. The van der Waals surface area contributed by atoms with Crippen molar-refractivity contribution in [3.63, 3.8) is 0 Å². The molecule has 0 bridgehead atoms. The molecule has 0 radical (unpaired) electrons. The number of hydrogen-bond acceptors (Lipinski definition) is 3. The highest BCUT2D eigenvalue weighted by atomic mass is 32.1. The first-order chi connectivity index (χ1) is 14.6. The van der Waals surface area contributed by atoms with Gasteiger partial charge in [0.25, 0.3) is 0 Å². The lowest BCUT2D eigenvalue weighted by Crippen LogP contribution is -2.49. The van der Waals surface area contributed by atoms with Gasteiger partial charge in [-0.3, -0.25) is 9.58 Å². The molecule has 6 heteroatoms. The minimum atomic E-state index is 0.763. The van der Waals surface area contributed by atoms with Gasteiger partial charge in [-0.2, -0.15) is 5.10 Å². The zero-order chi connectivity index (χ0) is 20.9. The molecule has 30 heavy (non-hydrogen) atoms. The Balaban J connectivity index is 1.26. The summed E-state index contributed by atoms with van der Waals surface area (Å²) < 4.78 is 1.95. The summed E-state index contributed by atoms with van der Waals surface area (Å²) in [6.07, 6.45) is 3.87. The normalized spacial score (nSPS) is 14.7. The van der Waals surface area contributed by atoms with Crippen molar-refractivity contribution in [1.82, 2.24) is 19.6 Å². The molecule has 0 unspecified atom stereocenters. The number of benzene rings is 2.